The zero-order valence-electron chi connectivity index (χ0n) is 16.7. The maximum atomic E-state index is 10.7. The van der Waals surface area contributed by atoms with Crippen LogP contribution in [0.25, 0.3) is 0 Å². The Balaban J connectivity index is 1.46. The summed E-state index contributed by atoms with van der Waals surface area (Å²) in [5.41, 5.74) is 3.13. The number of methoxy groups -OCH3 is 1. The van der Waals surface area contributed by atoms with Gasteiger partial charge < -0.3 is 19.0 Å². The first-order chi connectivity index (χ1) is 14.2. The van der Waals surface area contributed by atoms with Crippen LogP contribution in [-0.4, -0.2) is 30.3 Å². The van der Waals surface area contributed by atoms with Crippen LogP contribution in [0, 0.1) is 0 Å². The van der Waals surface area contributed by atoms with E-state index in [4.69, 9.17) is 13.9 Å². The molecule has 5 heteroatoms. The summed E-state index contributed by atoms with van der Waals surface area (Å²) in [4.78, 5) is 2.30. The molecule has 2 aromatic carbocycles. The van der Waals surface area contributed by atoms with Crippen LogP contribution in [0.15, 0.2) is 65.1 Å². The Morgan fingerprint density at radius 3 is 2.72 bits per heavy atom. The zero-order chi connectivity index (χ0) is 20.1. The van der Waals surface area contributed by atoms with E-state index in [0.29, 0.717) is 26.2 Å². The van der Waals surface area contributed by atoms with Crippen LogP contribution in [0.4, 0.5) is 0 Å². The van der Waals surface area contributed by atoms with Crippen LogP contribution in [0.3, 0.4) is 0 Å². The van der Waals surface area contributed by atoms with Crippen LogP contribution >= 0.6 is 0 Å². The predicted octanol–water partition coefficient (Wildman–Crippen LogP) is 4.10. The number of benzene rings is 2. The maximum Gasteiger partial charge on any atom is 0.129 e. The number of aliphatic hydroxyl groups is 1. The highest BCUT2D eigenvalue weighted by Crippen LogP contribution is 2.29. The van der Waals surface area contributed by atoms with E-state index < -0.39 is 6.10 Å². The van der Waals surface area contributed by atoms with Gasteiger partial charge in [-0.15, -0.1) is 0 Å². The molecule has 152 valence electrons. The average Bonchev–Trinajstić information content (AvgIpc) is 3.06. The monoisotopic (exact) mass is 393 g/mol. The SMILES string of the molecule is COCc1ccc(CN2CCOc3ccc([C@H](O)Cc4ccccc4)cc3C2)o1. The van der Waals surface area contributed by atoms with Gasteiger partial charge >= 0.3 is 0 Å². The van der Waals surface area contributed by atoms with Crippen molar-refractivity contribution in [2.45, 2.75) is 32.2 Å². The lowest BCUT2D eigenvalue weighted by molar-refractivity contribution is 0.157. The third-order valence-corrected chi connectivity index (χ3v) is 5.18. The van der Waals surface area contributed by atoms with Crippen molar-refractivity contribution in [2.24, 2.45) is 0 Å². The summed E-state index contributed by atoms with van der Waals surface area (Å²) in [5, 5.41) is 10.7. The van der Waals surface area contributed by atoms with Crippen molar-refractivity contribution in [1.29, 1.82) is 0 Å². The van der Waals surface area contributed by atoms with Crippen LogP contribution in [-0.2, 0) is 30.9 Å². The molecule has 2 heterocycles. The van der Waals surface area contributed by atoms with Crippen molar-refractivity contribution in [2.75, 3.05) is 20.3 Å². The van der Waals surface area contributed by atoms with E-state index in [0.717, 1.165) is 47.0 Å². The molecule has 1 atom stereocenters. The van der Waals surface area contributed by atoms with E-state index in [1.165, 1.54) is 0 Å². The third-order valence-electron chi connectivity index (χ3n) is 5.18. The Morgan fingerprint density at radius 1 is 1.07 bits per heavy atom. The van der Waals surface area contributed by atoms with Crippen molar-refractivity contribution < 1.29 is 19.0 Å². The zero-order valence-corrected chi connectivity index (χ0v) is 16.7. The first-order valence-electron chi connectivity index (χ1n) is 9.98. The standard InChI is InChI=1S/C24H27NO4/c1-27-17-22-9-8-21(29-22)16-25-11-12-28-24-10-7-19(14-20(24)15-25)23(26)13-18-5-3-2-4-6-18/h2-10,14,23,26H,11-13,15-17H2,1H3/t23-/m1/s1. The van der Waals surface area contributed by atoms with E-state index in [1.54, 1.807) is 7.11 Å². The first-order valence-corrected chi connectivity index (χ1v) is 9.98. The summed E-state index contributed by atoms with van der Waals surface area (Å²) in [7, 11) is 1.66. The molecule has 1 N–H and O–H groups in total. The predicted molar refractivity (Wildman–Crippen MR) is 111 cm³/mol. The van der Waals surface area contributed by atoms with Crippen LogP contribution < -0.4 is 4.74 Å². The van der Waals surface area contributed by atoms with Gasteiger partial charge in [0.15, 0.2) is 0 Å². The molecule has 0 spiro atoms. The van der Waals surface area contributed by atoms with Gasteiger partial charge in [-0.2, -0.15) is 0 Å². The van der Waals surface area contributed by atoms with Gasteiger partial charge in [-0.3, -0.25) is 4.90 Å². The number of nitrogens with zero attached hydrogens (tertiary/aromatic N) is 1. The lowest BCUT2D eigenvalue weighted by Crippen LogP contribution is -2.25. The molecule has 3 aromatic rings. The maximum absolute atomic E-state index is 10.7. The molecule has 0 fully saturated rings. The lowest BCUT2D eigenvalue weighted by atomic mass is 9.99. The van der Waals surface area contributed by atoms with Crippen LogP contribution in [0.2, 0.25) is 0 Å². The highest BCUT2D eigenvalue weighted by atomic mass is 16.5. The molecule has 0 saturated carbocycles. The normalized spacial score (nSPS) is 15.4. The summed E-state index contributed by atoms with van der Waals surface area (Å²) < 4.78 is 16.9. The number of rotatable bonds is 7. The number of ether oxygens (including phenoxy) is 2. The van der Waals surface area contributed by atoms with Gasteiger partial charge in [0.2, 0.25) is 0 Å². The molecule has 4 rings (SSSR count). The number of aliphatic hydroxyl groups excluding tert-OH is 1. The Kier molecular flexibility index (Phi) is 6.30. The van der Waals surface area contributed by atoms with Gasteiger partial charge in [-0.1, -0.05) is 36.4 Å². The van der Waals surface area contributed by atoms with E-state index in [1.807, 2.05) is 54.6 Å². The molecule has 0 saturated heterocycles. The van der Waals surface area contributed by atoms with Crippen molar-refractivity contribution in [3.05, 3.63) is 88.9 Å². The van der Waals surface area contributed by atoms with E-state index in [-0.39, 0.29) is 0 Å². The molecule has 0 aliphatic carbocycles. The fourth-order valence-electron chi connectivity index (χ4n) is 3.71. The fraction of sp³-hybridized carbons (Fsp3) is 0.333. The topological polar surface area (TPSA) is 55.1 Å². The largest absolute Gasteiger partial charge is 0.492 e. The molecular formula is C24H27NO4. The fourth-order valence-corrected chi connectivity index (χ4v) is 3.71. The van der Waals surface area contributed by atoms with Crippen molar-refractivity contribution >= 4 is 0 Å². The Morgan fingerprint density at radius 2 is 1.90 bits per heavy atom. The minimum absolute atomic E-state index is 0.481. The third kappa shape index (κ3) is 5.07. The molecule has 1 aliphatic heterocycles. The van der Waals surface area contributed by atoms with Gasteiger partial charge in [0.25, 0.3) is 0 Å². The average molecular weight is 393 g/mol. The number of fused-ring (bicyclic) bond motifs is 1. The lowest BCUT2D eigenvalue weighted by Gasteiger charge is -2.19. The van der Waals surface area contributed by atoms with E-state index in [2.05, 4.69) is 11.0 Å². The second-order valence-corrected chi connectivity index (χ2v) is 7.43. The molecule has 0 amide bonds. The number of hydrogen-bond acceptors (Lipinski definition) is 5. The summed E-state index contributed by atoms with van der Waals surface area (Å²) in [6.45, 7) is 3.39. The van der Waals surface area contributed by atoms with Gasteiger partial charge in [-0.25, -0.2) is 0 Å². The molecule has 0 radical (unpaired) electrons. The molecule has 0 bridgehead atoms. The summed E-state index contributed by atoms with van der Waals surface area (Å²) >= 11 is 0. The van der Waals surface area contributed by atoms with Crippen LogP contribution in [0.5, 0.6) is 5.75 Å². The summed E-state index contributed by atoms with van der Waals surface area (Å²) in [5.74, 6) is 2.64. The highest BCUT2D eigenvalue weighted by molar-refractivity contribution is 5.39. The smallest absolute Gasteiger partial charge is 0.129 e. The second kappa shape index (κ2) is 9.27. The minimum atomic E-state index is -0.541. The molecule has 5 nitrogen and oxygen atoms in total. The van der Waals surface area contributed by atoms with Crippen LogP contribution in [0.1, 0.15) is 34.3 Å². The van der Waals surface area contributed by atoms with Crippen molar-refractivity contribution in [3.63, 3.8) is 0 Å². The van der Waals surface area contributed by atoms with Gasteiger partial charge in [-0.05, 0) is 35.4 Å². The summed E-state index contributed by atoms with van der Waals surface area (Å²) in [6, 6.07) is 20.0. The molecule has 29 heavy (non-hydrogen) atoms. The molecule has 1 aromatic heterocycles. The van der Waals surface area contributed by atoms with Crippen molar-refractivity contribution in [1.82, 2.24) is 4.90 Å². The minimum Gasteiger partial charge on any atom is -0.492 e. The van der Waals surface area contributed by atoms with Gasteiger partial charge in [0.05, 0.1) is 12.6 Å². The first kappa shape index (κ1) is 19.7. The second-order valence-electron chi connectivity index (χ2n) is 7.43. The Hall–Kier alpha value is -2.60. The molecule has 0 unspecified atom stereocenters. The van der Waals surface area contributed by atoms with Gasteiger partial charge in [0.1, 0.15) is 30.5 Å². The highest BCUT2D eigenvalue weighted by Gasteiger charge is 2.19. The number of furan rings is 1. The quantitative estimate of drug-likeness (QED) is 0.655. The number of hydrogen-bond donors (Lipinski definition) is 1. The summed E-state index contributed by atoms with van der Waals surface area (Å²) in [6.07, 6.45) is 0.0554. The van der Waals surface area contributed by atoms with Gasteiger partial charge in [0, 0.05) is 32.2 Å². The molecule has 1 aliphatic rings. The van der Waals surface area contributed by atoms with E-state index >= 15 is 0 Å². The van der Waals surface area contributed by atoms with Crippen molar-refractivity contribution in [3.8, 4) is 5.75 Å². The van der Waals surface area contributed by atoms with E-state index in [9.17, 15) is 5.11 Å². The Bertz CT molecular complexity index is 922. The molecular weight excluding hydrogens is 366 g/mol. The Labute approximate surface area is 171 Å².